The van der Waals surface area contributed by atoms with Gasteiger partial charge in [0.15, 0.2) is 0 Å². The van der Waals surface area contributed by atoms with Crippen molar-refractivity contribution in [2.45, 2.75) is 25.7 Å². The highest BCUT2D eigenvalue weighted by Gasteiger charge is 2.28. The van der Waals surface area contributed by atoms with Crippen LogP contribution in [0.3, 0.4) is 0 Å². The zero-order valence-electron chi connectivity index (χ0n) is 17.2. The van der Waals surface area contributed by atoms with Crippen LogP contribution in [0.5, 0.6) is 0 Å². The van der Waals surface area contributed by atoms with Gasteiger partial charge in [-0.3, -0.25) is 9.59 Å². The maximum atomic E-state index is 12.2. The lowest BCUT2D eigenvalue weighted by Crippen LogP contribution is -2.24. The molecule has 0 amide bonds. The van der Waals surface area contributed by atoms with Crippen LogP contribution >= 0.6 is 31.9 Å². The maximum Gasteiger partial charge on any atom is 0.316 e. The second-order valence-corrected chi connectivity index (χ2v) is 9.52. The first-order valence-electron chi connectivity index (χ1n) is 10.0. The monoisotopic (exact) mass is 544 g/mol. The number of rotatable bonds is 7. The standard InChI is InChI=1S/C24H22Br2N2O3/c1-13(29)16(24(30)31-2)5-6-17(20-11-27-22-7-3-14(25)9-18(20)22)21-12-28-23-8-4-15(26)10-19(21)23/h3-4,7-12,16-17,27-28H,5-6H2,1-2H3. The number of aromatic amines is 2. The average Bonchev–Trinajstić information content (AvgIpc) is 3.34. The van der Waals surface area contributed by atoms with Crippen molar-refractivity contribution < 1.29 is 14.3 Å². The van der Waals surface area contributed by atoms with Crippen molar-refractivity contribution in [2.75, 3.05) is 7.11 Å². The molecule has 0 spiro atoms. The van der Waals surface area contributed by atoms with E-state index in [1.165, 1.54) is 14.0 Å². The molecule has 0 aliphatic rings. The molecule has 5 nitrogen and oxygen atoms in total. The van der Waals surface area contributed by atoms with Crippen LogP contribution in [-0.2, 0) is 14.3 Å². The van der Waals surface area contributed by atoms with Gasteiger partial charge in [0.1, 0.15) is 11.7 Å². The van der Waals surface area contributed by atoms with Gasteiger partial charge in [-0.2, -0.15) is 0 Å². The van der Waals surface area contributed by atoms with Gasteiger partial charge in [-0.1, -0.05) is 31.9 Å². The van der Waals surface area contributed by atoms with Crippen LogP contribution in [0.1, 0.15) is 36.8 Å². The van der Waals surface area contributed by atoms with Gasteiger partial charge >= 0.3 is 5.97 Å². The smallest absolute Gasteiger partial charge is 0.316 e. The lowest BCUT2D eigenvalue weighted by Gasteiger charge is -2.19. The Bertz CT molecular complexity index is 1190. The first kappa shape index (κ1) is 21.8. The number of H-pyrrole nitrogens is 2. The van der Waals surface area contributed by atoms with E-state index in [0.29, 0.717) is 12.8 Å². The Morgan fingerprint density at radius 1 is 0.903 bits per heavy atom. The van der Waals surface area contributed by atoms with E-state index < -0.39 is 11.9 Å². The Balaban J connectivity index is 1.82. The Hall–Kier alpha value is -2.38. The molecule has 2 aromatic carbocycles. The summed E-state index contributed by atoms with van der Waals surface area (Å²) in [6, 6.07) is 12.3. The number of carbonyl (C=O) groups excluding carboxylic acids is 2. The Morgan fingerprint density at radius 2 is 1.42 bits per heavy atom. The highest BCUT2D eigenvalue weighted by Crippen LogP contribution is 2.39. The molecule has 0 aliphatic heterocycles. The molecule has 2 heterocycles. The van der Waals surface area contributed by atoms with Gasteiger partial charge < -0.3 is 14.7 Å². The molecule has 2 N–H and O–H groups in total. The number of benzene rings is 2. The molecule has 0 aliphatic carbocycles. The number of ether oxygens (including phenoxy) is 1. The minimum Gasteiger partial charge on any atom is -0.468 e. The number of ketones is 1. The summed E-state index contributed by atoms with van der Waals surface area (Å²) in [5.74, 6) is -1.43. The number of fused-ring (bicyclic) bond motifs is 2. The molecule has 4 rings (SSSR count). The first-order valence-corrected chi connectivity index (χ1v) is 11.6. The summed E-state index contributed by atoms with van der Waals surface area (Å²) < 4.78 is 6.87. The zero-order valence-corrected chi connectivity index (χ0v) is 20.3. The van der Waals surface area contributed by atoms with E-state index >= 15 is 0 Å². The van der Waals surface area contributed by atoms with Gasteiger partial charge in [0.2, 0.25) is 0 Å². The molecule has 0 bridgehead atoms. The van der Waals surface area contributed by atoms with Crippen molar-refractivity contribution >= 4 is 65.4 Å². The van der Waals surface area contributed by atoms with Crippen molar-refractivity contribution in [3.05, 3.63) is 68.9 Å². The molecule has 0 saturated heterocycles. The first-order chi connectivity index (χ1) is 14.9. The highest BCUT2D eigenvalue weighted by atomic mass is 79.9. The number of esters is 1. The van der Waals surface area contributed by atoms with E-state index in [1.54, 1.807) is 0 Å². The fourth-order valence-electron chi connectivity index (χ4n) is 4.25. The van der Waals surface area contributed by atoms with E-state index in [9.17, 15) is 9.59 Å². The number of methoxy groups -OCH3 is 1. The summed E-state index contributed by atoms with van der Waals surface area (Å²) in [6.45, 7) is 1.45. The molecule has 1 atom stereocenters. The number of nitrogens with one attached hydrogen (secondary N) is 2. The number of hydrogen-bond donors (Lipinski definition) is 2. The Kier molecular flexibility index (Phi) is 6.34. The summed E-state index contributed by atoms with van der Waals surface area (Å²) in [5, 5.41) is 2.22. The molecule has 4 aromatic rings. The summed E-state index contributed by atoms with van der Waals surface area (Å²) in [5.41, 5.74) is 4.34. The van der Waals surface area contributed by atoms with Gasteiger partial charge in [-0.25, -0.2) is 0 Å². The van der Waals surface area contributed by atoms with Crippen molar-refractivity contribution in [3.8, 4) is 0 Å². The Morgan fingerprint density at radius 3 is 1.87 bits per heavy atom. The second-order valence-electron chi connectivity index (χ2n) is 7.68. The van der Waals surface area contributed by atoms with E-state index in [0.717, 1.165) is 41.9 Å². The van der Waals surface area contributed by atoms with Gasteiger partial charge in [0.25, 0.3) is 0 Å². The minimum absolute atomic E-state index is 0.0161. The van der Waals surface area contributed by atoms with Crippen LogP contribution in [0.25, 0.3) is 21.8 Å². The van der Waals surface area contributed by atoms with Crippen LogP contribution in [-0.4, -0.2) is 28.8 Å². The number of carbonyl (C=O) groups is 2. The Labute approximate surface area is 196 Å². The van der Waals surface area contributed by atoms with E-state index in [-0.39, 0.29) is 11.7 Å². The fourth-order valence-corrected chi connectivity index (χ4v) is 4.97. The number of Topliss-reactive ketones (excluding diaryl/α,β-unsaturated/α-hetero) is 1. The van der Waals surface area contributed by atoms with Gasteiger partial charge in [-0.15, -0.1) is 0 Å². The fraction of sp³-hybridized carbons (Fsp3) is 0.250. The average molecular weight is 546 g/mol. The molecular weight excluding hydrogens is 524 g/mol. The number of aromatic nitrogens is 2. The van der Waals surface area contributed by atoms with Gasteiger partial charge in [0, 0.05) is 49.1 Å². The molecule has 2 aromatic heterocycles. The normalized spacial score (nSPS) is 12.5. The van der Waals surface area contributed by atoms with Crippen LogP contribution in [0, 0.1) is 5.92 Å². The quantitative estimate of drug-likeness (QED) is 0.206. The van der Waals surface area contributed by atoms with Crippen molar-refractivity contribution in [1.29, 1.82) is 0 Å². The second kappa shape index (κ2) is 9.01. The van der Waals surface area contributed by atoms with Gasteiger partial charge in [-0.05, 0) is 67.3 Å². The minimum atomic E-state index is -0.763. The van der Waals surface area contributed by atoms with Gasteiger partial charge in [0.05, 0.1) is 7.11 Å². The van der Waals surface area contributed by atoms with Crippen molar-refractivity contribution in [1.82, 2.24) is 9.97 Å². The summed E-state index contributed by atoms with van der Waals surface area (Å²) in [4.78, 5) is 31.0. The topological polar surface area (TPSA) is 75.0 Å². The van der Waals surface area contributed by atoms with E-state index in [4.69, 9.17) is 4.74 Å². The van der Waals surface area contributed by atoms with E-state index in [2.05, 4.69) is 54.0 Å². The lowest BCUT2D eigenvalue weighted by molar-refractivity contribution is -0.149. The van der Waals surface area contributed by atoms with Crippen molar-refractivity contribution in [3.63, 3.8) is 0 Å². The summed E-state index contributed by atoms with van der Waals surface area (Å²) in [6.07, 6.45) is 5.09. The molecular formula is C24H22Br2N2O3. The third-order valence-corrected chi connectivity index (χ3v) is 6.81. The molecule has 0 saturated carbocycles. The predicted octanol–water partition coefficient (Wildman–Crippen LogP) is 6.46. The molecule has 7 heteroatoms. The number of halogens is 2. The molecule has 160 valence electrons. The third-order valence-electron chi connectivity index (χ3n) is 5.82. The largest absolute Gasteiger partial charge is 0.468 e. The van der Waals surface area contributed by atoms with Crippen LogP contribution < -0.4 is 0 Å². The lowest BCUT2D eigenvalue weighted by atomic mass is 9.84. The summed E-state index contributed by atoms with van der Waals surface area (Å²) >= 11 is 7.15. The molecule has 0 fully saturated rings. The third kappa shape index (κ3) is 4.34. The molecule has 31 heavy (non-hydrogen) atoms. The molecule has 1 unspecified atom stereocenters. The highest BCUT2D eigenvalue weighted by molar-refractivity contribution is 9.10. The predicted molar refractivity (Wildman–Crippen MR) is 129 cm³/mol. The summed E-state index contributed by atoms with van der Waals surface area (Å²) in [7, 11) is 1.32. The van der Waals surface area contributed by atoms with Crippen LogP contribution in [0.2, 0.25) is 0 Å². The van der Waals surface area contributed by atoms with Crippen LogP contribution in [0.15, 0.2) is 57.7 Å². The maximum absolute atomic E-state index is 12.2. The SMILES string of the molecule is COC(=O)C(CCC(c1c[nH]c2ccc(Br)cc12)c1c[nH]c2ccc(Br)cc12)C(C)=O. The zero-order chi connectivity index (χ0) is 22.1. The van der Waals surface area contributed by atoms with Crippen LogP contribution in [0.4, 0.5) is 0 Å². The molecule has 0 radical (unpaired) electrons. The van der Waals surface area contributed by atoms with E-state index in [1.807, 2.05) is 36.7 Å². The number of hydrogen-bond acceptors (Lipinski definition) is 3. The van der Waals surface area contributed by atoms with Crippen molar-refractivity contribution in [2.24, 2.45) is 5.92 Å².